The number of carbonyl (C=O) groups is 2. The number of aromatic nitrogens is 2. The van der Waals surface area contributed by atoms with Crippen LogP contribution in [0.2, 0.25) is 0 Å². The molecule has 0 unspecified atom stereocenters. The predicted molar refractivity (Wildman–Crippen MR) is 77.5 cm³/mol. The van der Waals surface area contributed by atoms with E-state index in [2.05, 4.69) is 15.1 Å². The van der Waals surface area contributed by atoms with Gasteiger partial charge < -0.3 is 14.9 Å². The molecule has 7 nitrogen and oxygen atoms in total. The fourth-order valence-corrected chi connectivity index (χ4v) is 2.57. The van der Waals surface area contributed by atoms with Crippen LogP contribution in [0, 0.1) is 0 Å². The van der Waals surface area contributed by atoms with Gasteiger partial charge in [-0.3, -0.25) is 9.59 Å². The molecule has 0 fully saturated rings. The molecule has 0 atom stereocenters. The van der Waals surface area contributed by atoms with Crippen LogP contribution in [0.3, 0.4) is 0 Å². The molecule has 1 N–H and O–H groups in total. The Morgan fingerprint density at radius 1 is 1.36 bits per heavy atom. The minimum atomic E-state index is -0.507. The van der Waals surface area contributed by atoms with Crippen molar-refractivity contribution in [3.63, 3.8) is 0 Å². The lowest BCUT2D eigenvalue weighted by molar-refractivity contribution is -0.772. The Morgan fingerprint density at radius 3 is 2.59 bits per heavy atom. The smallest absolute Gasteiger partial charge is 0.290 e. The summed E-state index contributed by atoms with van der Waals surface area (Å²) in [6.45, 7) is 1.49. The van der Waals surface area contributed by atoms with Crippen LogP contribution in [-0.4, -0.2) is 22.7 Å². The molecule has 1 aromatic heterocycles. The summed E-state index contributed by atoms with van der Waals surface area (Å²) in [5.41, 5.74) is 1.22. The maximum absolute atomic E-state index is 11.8. The summed E-state index contributed by atoms with van der Waals surface area (Å²) in [5.74, 6) is -0.270. The Morgan fingerprint density at radius 2 is 2.05 bits per heavy atom. The number of anilines is 1. The SMILES string of the molecule is CC(=O)c1ccc(NC(=O)CCSc2c([O-])on[n+]2C)cc1. The molecule has 0 saturated carbocycles. The topological polar surface area (TPSA) is 99.1 Å². The van der Waals surface area contributed by atoms with Gasteiger partial charge in [0, 0.05) is 23.4 Å². The molecule has 8 heteroatoms. The molecule has 1 amide bonds. The third kappa shape index (κ3) is 4.08. The zero-order chi connectivity index (χ0) is 16.1. The number of Topliss-reactive ketones (excluding diaryl/α,β-unsaturated/α-hetero) is 1. The van der Waals surface area contributed by atoms with Crippen molar-refractivity contribution in [2.24, 2.45) is 7.05 Å². The van der Waals surface area contributed by atoms with Crippen LogP contribution in [0.1, 0.15) is 23.7 Å². The fraction of sp³-hybridized carbons (Fsp3) is 0.286. The highest BCUT2D eigenvalue weighted by Crippen LogP contribution is 2.22. The van der Waals surface area contributed by atoms with Crippen LogP contribution in [0.25, 0.3) is 0 Å². The largest absolute Gasteiger partial charge is 0.538 e. The Kier molecular flexibility index (Phi) is 5.16. The van der Waals surface area contributed by atoms with Crippen molar-refractivity contribution in [1.29, 1.82) is 0 Å². The summed E-state index contributed by atoms with van der Waals surface area (Å²) in [6, 6.07) is 6.68. The van der Waals surface area contributed by atoms with Crippen LogP contribution in [0.4, 0.5) is 5.69 Å². The van der Waals surface area contributed by atoms with E-state index in [1.807, 2.05) is 0 Å². The van der Waals surface area contributed by atoms with E-state index in [1.54, 1.807) is 31.3 Å². The van der Waals surface area contributed by atoms with Gasteiger partial charge in [0.2, 0.25) is 5.91 Å². The number of benzene rings is 1. The molecule has 0 aliphatic carbocycles. The Balaban J connectivity index is 1.82. The van der Waals surface area contributed by atoms with E-state index in [9.17, 15) is 14.7 Å². The Labute approximate surface area is 131 Å². The third-order valence-corrected chi connectivity index (χ3v) is 3.97. The Bertz CT molecular complexity index is 662. The highest BCUT2D eigenvalue weighted by molar-refractivity contribution is 7.99. The molecule has 1 heterocycles. The van der Waals surface area contributed by atoms with Crippen molar-refractivity contribution >= 4 is 29.1 Å². The van der Waals surface area contributed by atoms with Gasteiger partial charge in [0.05, 0.1) is 5.27 Å². The van der Waals surface area contributed by atoms with E-state index in [4.69, 9.17) is 0 Å². The van der Waals surface area contributed by atoms with Crippen molar-refractivity contribution < 1.29 is 23.9 Å². The van der Waals surface area contributed by atoms with Crippen molar-refractivity contribution in [3.8, 4) is 5.95 Å². The molecule has 1 aromatic carbocycles. The zero-order valence-electron chi connectivity index (χ0n) is 12.2. The van der Waals surface area contributed by atoms with E-state index >= 15 is 0 Å². The predicted octanol–water partition coefficient (Wildman–Crippen LogP) is 0.896. The number of rotatable bonds is 6. The van der Waals surface area contributed by atoms with E-state index < -0.39 is 5.95 Å². The number of aryl methyl sites for hydroxylation is 1. The molecule has 22 heavy (non-hydrogen) atoms. The van der Waals surface area contributed by atoms with E-state index in [0.29, 0.717) is 22.0 Å². The first-order chi connectivity index (χ1) is 10.5. The molecule has 0 radical (unpaired) electrons. The number of ketones is 1. The van der Waals surface area contributed by atoms with Crippen LogP contribution in [0.5, 0.6) is 5.95 Å². The van der Waals surface area contributed by atoms with Gasteiger partial charge in [0.15, 0.2) is 18.8 Å². The van der Waals surface area contributed by atoms with Crippen molar-refractivity contribution in [1.82, 2.24) is 5.27 Å². The molecule has 0 saturated heterocycles. The van der Waals surface area contributed by atoms with Crippen LogP contribution >= 0.6 is 11.8 Å². The number of amides is 1. The summed E-state index contributed by atoms with van der Waals surface area (Å²) < 4.78 is 5.83. The molecule has 2 aromatic rings. The van der Waals surface area contributed by atoms with Gasteiger partial charge in [-0.1, -0.05) is 16.4 Å². The molecule has 0 spiro atoms. The van der Waals surface area contributed by atoms with Crippen LogP contribution in [0.15, 0.2) is 33.8 Å². The molecular weight excluding hydrogens is 306 g/mol. The van der Waals surface area contributed by atoms with Crippen molar-refractivity contribution in [3.05, 3.63) is 29.8 Å². The van der Waals surface area contributed by atoms with E-state index in [0.717, 1.165) is 0 Å². The monoisotopic (exact) mass is 321 g/mol. The van der Waals surface area contributed by atoms with Gasteiger partial charge in [0.25, 0.3) is 5.03 Å². The first-order valence-electron chi connectivity index (χ1n) is 6.54. The number of hydrogen-bond acceptors (Lipinski definition) is 6. The molecule has 0 aliphatic heterocycles. The maximum Gasteiger partial charge on any atom is 0.290 e. The summed E-state index contributed by atoms with van der Waals surface area (Å²) in [6.07, 6.45) is 0.240. The second-order valence-corrected chi connectivity index (χ2v) is 5.65. The van der Waals surface area contributed by atoms with Gasteiger partial charge in [-0.2, -0.15) is 0 Å². The lowest BCUT2D eigenvalue weighted by atomic mass is 10.1. The molecule has 0 bridgehead atoms. The molecule has 116 valence electrons. The first-order valence-corrected chi connectivity index (χ1v) is 7.52. The summed E-state index contributed by atoms with van der Waals surface area (Å²) in [4.78, 5) is 23.0. The number of nitrogens with zero attached hydrogens (tertiary/aromatic N) is 2. The molecular formula is C14H15N3O4S. The minimum absolute atomic E-state index is 0.0238. The zero-order valence-corrected chi connectivity index (χ0v) is 13.0. The lowest BCUT2D eigenvalue weighted by Gasteiger charge is -2.05. The number of hydrogen-bond donors (Lipinski definition) is 1. The summed E-state index contributed by atoms with van der Waals surface area (Å²) in [7, 11) is 1.60. The standard InChI is InChI=1S/C14H15N3O4S/c1-9(18)10-3-5-11(6-4-10)15-12(19)7-8-22-13-14(20)21-16-17(13)2/h3-6H,7-8H2,1-2H3,(H-,15,16,18,19,20). The molecule has 0 aliphatic rings. The second kappa shape index (κ2) is 7.08. The number of nitrogens with one attached hydrogen (secondary N) is 1. The van der Waals surface area contributed by atoms with E-state index in [1.165, 1.54) is 23.4 Å². The van der Waals surface area contributed by atoms with Crippen LogP contribution in [-0.2, 0) is 11.8 Å². The van der Waals surface area contributed by atoms with Crippen LogP contribution < -0.4 is 15.1 Å². The fourth-order valence-electron chi connectivity index (χ4n) is 1.71. The van der Waals surface area contributed by atoms with Gasteiger partial charge in [-0.05, 0) is 31.2 Å². The number of thioether (sulfide) groups is 1. The normalized spacial score (nSPS) is 10.5. The van der Waals surface area contributed by atoms with Gasteiger partial charge >= 0.3 is 0 Å². The van der Waals surface area contributed by atoms with Gasteiger partial charge in [0.1, 0.15) is 0 Å². The average Bonchev–Trinajstić information content (AvgIpc) is 2.79. The quantitative estimate of drug-likeness (QED) is 0.482. The molecule has 2 rings (SSSR count). The average molecular weight is 321 g/mol. The minimum Gasteiger partial charge on any atom is -0.538 e. The highest BCUT2D eigenvalue weighted by atomic mass is 32.2. The summed E-state index contributed by atoms with van der Waals surface area (Å²) >= 11 is 1.21. The maximum atomic E-state index is 11.8. The lowest BCUT2D eigenvalue weighted by Crippen LogP contribution is -2.32. The number of carbonyl (C=O) groups excluding carboxylic acids is 2. The second-order valence-electron chi connectivity index (χ2n) is 4.57. The first kappa shape index (κ1) is 16.0. The third-order valence-electron chi connectivity index (χ3n) is 2.86. The van der Waals surface area contributed by atoms with Crippen molar-refractivity contribution in [2.75, 3.05) is 11.1 Å². The highest BCUT2D eigenvalue weighted by Gasteiger charge is 2.14. The Hall–Kier alpha value is -2.35. The van der Waals surface area contributed by atoms with Gasteiger partial charge in [-0.15, -0.1) is 0 Å². The van der Waals surface area contributed by atoms with Gasteiger partial charge in [-0.25, -0.2) is 0 Å². The summed E-state index contributed by atoms with van der Waals surface area (Å²) in [5, 5.41) is 17.9. The van der Waals surface area contributed by atoms with E-state index in [-0.39, 0.29) is 18.1 Å². The van der Waals surface area contributed by atoms with Crippen molar-refractivity contribution in [2.45, 2.75) is 18.4 Å².